The fourth-order valence-electron chi connectivity index (χ4n) is 2.71. The number of nitrogens with zero attached hydrogens (tertiary/aromatic N) is 3. The minimum atomic E-state index is 0.00176. The Morgan fingerprint density at radius 2 is 2.09 bits per heavy atom. The molecule has 1 amide bonds. The zero-order chi connectivity index (χ0) is 16.6. The number of halogens is 1. The average Bonchev–Trinajstić information content (AvgIpc) is 2.72. The molecule has 124 valence electrons. The van der Waals surface area contributed by atoms with Gasteiger partial charge in [-0.25, -0.2) is 9.97 Å². The fraction of sp³-hybridized carbons (Fsp3) is 0.588. The van der Waals surface area contributed by atoms with Crippen LogP contribution in [-0.4, -0.2) is 20.4 Å². The third-order valence-corrected chi connectivity index (χ3v) is 4.51. The second kappa shape index (κ2) is 6.11. The molecule has 0 spiro atoms. The Morgan fingerprint density at radius 1 is 1.35 bits per heavy atom. The molecule has 2 heterocycles. The van der Waals surface area contributed by atoms with Crippen molar-refractivity contribution in [1.82, 2.24) is 14.5 Å². The van der Waals surface area contributed by atoms with Crippen molar-refractivity contribution in [2.45, 2.75) is 58.9 Å². The van der Waals surface area contributed by atoms with Gasteiger partial charge < -0.3 is 0 Å². The molecule has 0 atom stereocenters. The van der Waals surface area contributed by atoms with Crippen molar-refractivity contribution < 1.29 is 4.79 Å². The number of nitrogens with one attached hydrogen (secondary N) is 1. The van der Waals surface area contributed by atoms with Gasteiger partial charge in [-0.05, 0) is 43.2 Å². The van der Waals surface area contributed by atoms with Gasteiger partial charge in [0.05, 0.1) is 0 Å². The largest absolute Gasteiger partial charge is 0.296 e. The highest BCUT2D eigenvalue weighted by Gasteiger charge is 2.26. The number of amides is 1. The van der Waals surface area contributed by atoms with Gasteiger partial charge in [-0.3, -0.25) is 14.7 Å². The molecule has 2 aromatic rings. The zero-order valence-corrected chi connectivity index (χ0v) is 14.7. The van der Waals surface area contributed by atoms with E-state index in [-0.39, 0.29) is 11.3 Å². The van der Waals surface area contributed by atoms with Gasteiger partial charge in [0.15, 0.2) is 5.65 Å². The van der Waals surface area contributed by atoms with Gasteiger partial charge in [-0.2, -0.15) is 0 Å². The van der Waals surface area contributed by atoms with Crippen LogP contribution in [0.25, 0.3) is 11.2 Å². The predicted molar refractivity (Wildman–Crippen MR) is 92.7 cm³/mol. The van der Waals surface area contributed by atoms with E-state index in [1.165, 1.54) is 6.42 Å². The maximum Gasteiger partial charge on any atom is 0.226 e. The smallest absolute Gasteiger partial charge is 0.226 e. The zero-order valence-electron chi connectivity index (χ0n) is 13.9. The van der Waals surface area contributed by atoms with E-state index in [4.69, 9.17) is 11.6 Å². The Labute approximate surface area is 141 Å². The minimum absolute atomic E-state index is 0.00176. The van der Waals surface area contributed by atoms with E-state index < -0.39 is 0 Å². The molecule has 0 aliphatic heterocycles. The number of anilines is 1. The summed E-state index contributed by atoms with van der Waals surface area (Å²) < 4.78 is 2.04. The summed E-state index contributed by atoms with van der Waals surface area (Å²) in [4.78, 5) is 21.2. The Hall–Kier alpha value is -1.62. The van der Waals surface area contributed by atoms with Crippen LogP contribution in [0.5, 0.6) is 0 Å². The molecule has 23 heavy (non-hydrogen) atoms. The molecule has 2 aromatic heterocycles. The number of hydrogen-bond donors (Lipinski definition) is 1. The quantitative estimate of drug-likeness (QED) is 0.833. The third-order valence-electron chi connectivity index (χ3n) is 4.30. The lowest BCUT2D eigenvalue weighted by Gasteiger charge is -2.28. The first kappa shape index (κ1) is 16.2. The maximum atomic E-state index is 12.3. The molecule has 1 aliphatic carbocycles. The molecular formula is C17H23ClN4O. The van der Waals surface area contributed by atoms with Gasteiger partial charge >= 0.3 is 0 Å². The summed E-state index contributed by atoms with van der Waals surface area (Å²) in [5.74, 6) is 0.597. The first-order valence-electron chi connectivity index (χ1n) is 8.18. The van der Waals surface area contributed by atoms with E-state index in [1.807, 2.05) is 10.6 Å². The van der Waals surface area contributed by atoms with Crippen LogP contribution in [0.3, 0.4) is 0 Å². The molecule has 1 N–H and O–H groups in total. The van der Waals surface area contributed by atoms with Crippen LogP contribution in [-0.2, 0) is 4.79 Å². The highest BCUT2D eigenvalue weighted by Crippen LogP contribution is 2.37. The Kier molecular flexibility index (Phi) is 4.32. The lowest BCUT2D eigenvalue weighted by atomic mass is 9.90. The van der Waals surface area contributed by atoms with Crippen LogP contribution < -0.4 is 5.32 Å². The van der Waals surface area contributed by atoms with Crippen molar-refractivity contribution in [2.75, 3.05) is 5.32 Å². The van der Waals surface area contributed by atoms with Crippen LogP contribution in [0.1, 0.15) is 58.9 Å². The van der Waals surface area contributed by atoms with Crippen molar-refractivity contribution in [2.24, 2.45) is 5.41 Å². The van der Waals surface area contributed by atoms with Crippen molar-refractivity contribution in [1.29, 1.82) is 0 Å². The number of carbonyl (C=O) groups excluding carboxylic acids is 1. The SMILES string of the molecule is CC(C)(C)CCC(=O)Nc1nc2ccc(Cl)nc2n1C1CCC1. The van der Waals surface area contributed by atoms with Gasteiger partial charge in [0, 0.05) is 12.5 Å². The summed E-state index contributed by atoms with van der Waals surface area (Å²) in [5.41, 5.74) is 1.67. The van der Waals surface area contributed by atoms with Gasteiger partial charge in [0.1, 0.15) is 10.7 Å². The lowest BCUT2D eigenvalue weighted by molar-refractivity contribution is -0.116. The molecule has 6 heteroatoms. The number of imidazole rings is 1. The molecule has 1 fully saturated rings. The normalized spacial score (nSPS) is 15.7. The second-order valence-corrected chi connectivity index (χ2v) is 7.86. The van der Waals surface area contributed by atoms with Crippen LogP contribution in [0.4, 0.5) is 5.95 Å². The van der Waals surface area contributed by atoms with Crippen LogP contribution in [0.2, 0.25) is 5.15 Å². The first-order chi connectivity index (χ1) is 10.8. The summed E-state index contributed by atoms with van der Waals surface area (Å²) in [5, 5.41) is 3.42. The standard InChI is InChI=1S/C17H23ClN4O/c1-17(2,3)10-9-14(23)21-16-19-12-7-8-13(18)20-15(12)22(16)11-5-4-6-11/h7-8,11H,4-6,9-10H2,1-3H3,(H,19,21,23). The van der Waals surface area contributed by atoms with Crippen LogP contribution in [0.15, 0.2) is 12.1 Å². The molecule has 0 bridgehead atoms. The molecular weight excluding hydrogens is 312 g/mol. The second-order valence-electron chi connectivity index (χ2n) is 7.48. The highest BCUT2D eigenvalue weighted by molar-refractivity contribution is 6.29. The van der Waals surface area contributed by atoms with Crippen molar-refractivity contribution in [3.8, 4) is 0 Å². The topological polar surface area (TPSA) is 59.8 Å². The van der Waals surface area contributed by atoms with E-state index in [1.54, 1.807) is 6.07 Å². The monoisotopic (exact) mass is 334 g/mol. The minimum Gasteiger partial charge on any atom is -0.296 e. The summed E-state index contributed by atoms with van der Waals surface area (Å²) in [6.07, 6.45) is 4.70. The number of carbonyl (C=O) groups is 1. The van der Waals surface area contributed by atoms with Crippen molar-refractivity contribution in [3.63, 3.8) is 0 Å². The molecule has 0 saturated heterocycles. The molecule has 0 radical (unpaired) electrons. The highest BCUT2D eigenvalue weighted by atomic mass is 35.5. The molecule has 3 rings (SSSR count). The van der Waals surface area contributed by atoms with Crippen LogP contribution >= 0.6 is 11.6 Å². The number of hydrogen-bond acceptors (Lipinski definition) is 3. The van der Waals surface area contributed by atoms with E-state index in [9.17, 15) is 4.79 Å². The van der Waals surface area contributed by atoms with E-state index >= 15 is 0 Å². The van der Waals surface area contributed by atoms with E-state index in [2.05, 4.69) is 36.1 Å². The Bertz CT molecular complexity index is 728. The molecule has 5 nitrogen and oxygen atoms in total. The van der Waals surface area contributed by atoms with Crippen molar-refractivity contribution >= 4 is 34.6 Å². The van der Waals surface area contributed by atoms with E-state index in [0.29, 0.717) is 23.6 Å². The third kappa shape index (κ3) is 3.66. The van der Waals surface area contributed by atoms with Crippen molar-refractivity contribution in [3.05, 3.63) is 17.3 Å². The summed E-state index contributed by atoms with van der Waals surface area (Å²) in [6.45, 7) is 6.40. The first-order valence-corrected chi connectivity index (χ1v) is 8.56. The predicted octanol–water partition coefficient (Wildman–Crippen LogP) is 4.57. The fourth-order valence-corrected chi connectivity index (χ4v) is 2.85. The summed E-state index contributed by atoms with van der Waals surface area (Å²) in [7, 11) is 0. The number of rotatable bonds is 4. The van der Waals surface area contributed by atoms with Gasteiger partial charge in [0.25, 0.3) is 0 Å². The van der Waals surface area contributed by atoms with Gasteiger partial charge in [-0.1, -0.05) is 32.4 Å². The summed E-state index contributed by atoms with van der Waals surface area (Å²) in [6, 6.07) is 3.93. The summed E-state index contributed by atoms with van der Waals surface area (Å²) >= 11 is 6.03. The van der Waals surface area contributed by atoms with E-state index in [0.717, 1.165) is 30.4 Å². The number of fused-ring (bicyclic) bond motifs is 1. The van der Waals surface area contributed by atoms with Gasteiger partial charge in [0.2, 0.25) is 11.9 Å². The molecule has 1 aliphatic rings. The van der Waals surface area contributed by atoms with Gasteiger partial charge in [-0.15, -0.1) is 0 Å². The molecule has 0 aromatic carbocycles. The molecule has 0 unspecified atom stereocenters. The Balaban J connectivity index is 1.86. The molecule has 1 saturated carbocycles. The van der Waals surface area contributed by atoms with Crippen LogP contribution in [0, 0.1) is 5.41 Å². The Morgan fingerprint density at radius 3 is 2.70 bits per heavy atom. The number of aromatic nitrogens is 3. The average molecular weight is 335 g/mol. The number of pyridine rings is 1. The maximum absolute atomic E-state index is 12.3. The lowest BCUT2D eigenvalue weighted by Crippen LogP contribution is -2.23.